The van der Waals surface area contributed by atoms with Crippen LogP contribution in [-0.4, -0.2) is 26.7 Å². The van der Waals surface area contributed by atoms with Crippen LogP contribution in [0.1, 0.15) is 5.56 Å². The minimum Gasteiger partial charge on any atom is -0.497 e. The second kappa shape index (κ2) is 4.89. The van der Waals surface area contributed by atoms with Crippen LogP contribution >= 0.6 is 0 Å². The van der Waals surface area contributed by atoms with Crippen LogP contribution in [0.15, 0.2) is 35.9 Å². The first kappa shape index (κ1) is 12.5. The fourth-order valence-electron chi connectivity index (χ4n) is 2.37. The van der Waals surface area contributed by atoms with Crippen LogP contribution in [0, 0.1) is 0 Å². The number of carbonyl (C=O) groups is 1. The molecule has 1 amide bonds. The Morgan fingerprint density at radius 3 is 2.85 bits per heavy atom. The van der Waals surface area contributed by atoms with E-state index in [0.717, 1.165) is 27.8 Å². The molecule has 4 nitrogen and oxygen atoms in total. The number of carbonyl (C=O) groups excluding carboxylic acids is 1. The van der Waals surface area contributed by atoms with Gasteiger partial charge in [-0.25, -0.2) is 0 Å². The average Bonchev–Trinajstić information content (AvgIpc) is 2.52. The third-order valence-electron chi connectivity index (χ3n) is 3.45. The van der Waals surface area contributed by atoms with Crippen LogP contribution in [0.2, 0.25) is 0 Å². The maximum atomic E-state index is 11.8. The smallest absolute Gasteiger partial charge is 0.250 e. The normalized spacial score (nSPS) is 13.2. The van der Waals surface area contributed by atoms with Gasteiger partial charge < -0.3 is 14.8 Å². The lowest BCUT2D eigenvalue weighted by atomic mass is 9.99. The monoisotopic (exact) mass is 269 g/mol. The molecular weight excluding hydrogens is 254 g/mol. The summed E-state index contributed by atoms with van der Waals surface area (Å²) >= 11 is 0. The predicted octanol–water partition coefficient (Wildman–Crippen LogP) is 2.37. The molecule has 0 bridgehead atoms. The molecular formula is C16H15NO3. The Hall–Kier alpha value is -2.49. The molecule has 0 fully saturated rings. The Morgan fingerprint density at radius 2 is 2.10 bits per heavy atom. The molecule has 3 rings (SSSR count). The van der Waals surface area contributed by atoms with Crippen molar-refractivity contribution in [3.63, 3.8) is 0 Å². The van der Waals surface area contributed by atoms with Gasteiger partial charge in [0.25, 0.3) is 0 Å². The van der Waals surface area contributed by atoms with Gasteiger partial charge in [-0.2, -0.15) is 0 Å². The summed E-state index contributed by atoms with van der Waals surface area (Å²) in [6.45, 7) is 0.294. The summed E-state index contributed by atoms with van der Waals surface area (Å²) in [5.74, 6) is 1.46. The molecule has 1 aliphatic rings. The zero-order chi connectivity index (χ0) is 14.1. The van der Waals surface area contributed by atoms with Gasteiger partial charge in [-0.3, -0.25) is 4.79 Å². The zero-order valence-electron chi connectivity index (χ0n) is 11.4. The Morgan fingerprint density at radius 1 is 1.30 bits per heavy atom. The molecule has 4 heteroatoms. The first-order chi connectivity index (χ1) is 9.72. The Kier molecular flexibility index (Phi) is 3.06. The van der Waals surface area contributed by atoms with Gasteiger partial charge >= 0.3 is 0 Å². The number of fused-ring (bicyclic) bond motifs is 3. The van der Waals surface area contributed by atoms with Gasteiger partial charge in [0.2, 0.25) is 5.91 Å². The SMILES string of the molecule is CNC(=O)C1=Cc2c(ccc3ccc(OC)cc23)OC1. The van der Waals surface area contributed by atoms with Crippen molar-refractivity contribution in [3.05, 3.63) is 41.5 Å². The van der Waals surface area contributed by atoms with E-state index in [0.29, 0.717) is 12.2 Å². The maximum absolute atomic E-state index is 11.8. The number of amides is 1. The van der Waals surface area contributed by atoms with Gasteiger partial charge in [-0.15, -0.1) is 0 Å². The summed E-state index contributed by atoms with van der Waals surface area (Å²) in [5.41, 5.74) is 1.54. The first-order valence-corrected chi connectivity index (χ1v) is 6.39. The number of rotatable bonds is 2. The molecule has 0 spiro atoms. The second-order valence-electron chi connectivity index (χ2n) is 4.60. The summed E-state index contributed by atoms with van der Waals surface area (Å²) in [6.07, 6.45) is 1.89. The van der Waals surface area contributed by atoms with Crippen LogP contribution in [0.5, 0.6) is 11.5 Å². The van der Waals surface area contributed by atoms with Crippen LogP contribution in [0.4, 0.5) is 0 Å². The molecule has 0 saturated carbocycles. The number of hydrogen-bond acceptors (Lipinski definition) is 3. The van der Waals surface area contributed by atoms with E-state index in [1.54, 1.807) is 14.2 Å². The van der Waals surface area contributed by atoms with E-state index in [-0.39, 0.29) is 5.91 Å². The summed E-state index contributed by atoms with van der Waals surface area (Å²) in [4.78, 5) is 11.8. The zero-order valence-corrected chi connectivity index (χ0v) is 11.4. The van der Waals surface area contributed by atoms with Gasteiger partial charge in [0.1, 0.15) is 18.1 Å². The van der Waals surface area contributed by atoms with Crippen molar-refractivity contribution in [1.29, 1.82) is 0 Å². The molecule has 1 N–H and O–H groups in total. The highest BCUT2D eigenvalue weighted by atomic mass is 16.5. The molecule has 0 saturated heterocycles. The molecule has 0 aliphatic carbocycles. The quantitative estimate of drug-likeness (QED) is 0.910. The minimum absolute atomic E-state index is 0.115. The molecule has 0 unspecified atom stereocenters. The topological polar surface area (TPSA) is 47.6 Å². The molecule has 1 heterocycles. The fraction of sp³-hybridized carbons (Fsp3) is 0.188. The molecule has 0 radical (unpaired) electrons. The highest BCUT2D eigenvalue weighted by molar-refractivity contribution is 6.03. The molecule has 1 aliphatic heterocycles. The summed E-state index contributed by atoms with van der Waals surface area (Å²) in [6, 6.07) is 9.81. The van der Waals surface area contributed by atoms with Crippen LogP contribution < -0.4 is 14.8 Å². The number of hydrogen-bond donors (Lipinski definition) is 1. The molecule has 20 heavy (non-hydrogen) atoms. The van der Waals surface area contributed by atoms with E-state index in [2.05, 4.69) is 5.32 Å². The molecule has 102 valence electrons. The Bertz CT molecular complexity index is 719. The third kappa shape index (κ3) is 1.99. The van der Waals surface area contributed by atoms with Gasteiger partial charge in [0, 0.05) is 12.6 Å². The van der Waals surface area contributed by atoms with E-state index in [9.17, 15) is 4.79 Å². The summed E-state index contributed by atoms with van der Waals surface area (Å²) in [5, 5.41) is 4.73. The van der Waals surface area contributed by atoms with Crippen molar-refractivity contribution in [2.45, 2.75) is 0 Å². The van der Waals surface area contributed by atoms with Crippen LogP contribution in [0.3, 0.4) is 0 Å². The minimum atomic E-state index is -0.115. The van der Waals surface area contributed by atoms with Crippen LogP contribution in [-0.2, 0) is 4.79 Å². The van der Waals surface area contributed by atoms with Gasteiger partial charge in [0.15, 0.2) is 0 Å². The van der Waals surface area contributed by atoms with Gasteiger partial charge in [-0.05, 0) is 35.0 Å². The number of methoxy groups -OCH3 is 1. The summed E-state index contributed by atoms with van der Waals surface area (Å²) in [7, 11) is 3.25. The van der Waals surface area contributed by atoms with E-state index in [1.165, 1.54) is 0 Å². The Labute approximate surface area is 117 Å². The lowest BCUT2D eigenvalue weighted by molar-refractivity contribution is -0.117. The van der Waals surface area contributed by atoms with Crippen molar-refractivity contribution in [1.82, 2.24) is 5.32 Å². The second-order valence-corrected chi connectivity index (χ2v) is 4.60. The maximum Gasteiger partial charge on any atom is 0.250 e. The number of benzene rings is 2. The van der Waals surface area contributed by atoms with E-state index < -0.39 is 0 Å². The largest absolute Gasteiger partial charge is 0.497 e. The lowest BCUT2D eigenvalue weighted by Crippen LogP contribution is -2.25. The van der Waals surface area contributed by atoms with Crippen LogP contribution in [0.25, 0.3) is 16.8 Å². The van der Waals surface area contributed by atoms with Gasteiger partial charge in [0.05, 0.1) is 12.7 Å². The molecule has 2 aromatic rings. The van der Waals surface area contributed by atoms with Crippen molar-refractivity contribution >= 4 is 22.8 Å². The molecule has 0 aromatic heterocycles. The number of ether oxygens (including phenoxy) is 2. The average molecular weight is 269 g/mol. The van der Waals surface area contributed by atoms with E-state index >= 15 is 0 Å². The predicted molar refractivity (Wildman–Crippen MR) is 78.0 cm³/mol. The van der Waals surface area contributed by atoms with Crippen molar-refractivity contribution in [3.8, 4) is 11.5 Å². The Balaban J connectivity index is 2.22. The van der Waals surface area contributed by atoms with E-state index in [1.807, 2.05) is 36.4 Å². The van der Waals surface area contributed by atoms with Gasteiger partial charge in [-0.1, -0.05) is 12.1 Å². The number of likely N-dealkylation sites (N-methyl/N-ethyl adjacent to an activating group) is 1. The lowest BCUT2D eigenvalue weighted by Gasteiger charge is -2.19. The molecule has 2 aromatic carbocycles. The fourth-order valence-corrected chi connectivity index (χ4v) is 2.37. The van der Waals surface area contributed by atoms with Crippen molar-refractivity contribution < 1.29 is 14.3 Å². The first-order valence-electron chi connectivity index (χ1n) is 6.39. The number of nitrogens with one attached hydrogen (secondary N) is 1. The standard InChI is InChI=1S/C16H15NO3/c1-17-16(18)11-7-14-13-8-12(19-2)5-3-10(13)4-6-15(14)20-9-11/h3-8H,9H2,1-2H3,(H,17,18). The summed E-state index contributed by atoms with van der Waals surface area (Å²) < 4.78 is 10.9. The van der Waals surface area contributed by atoms with Crippen molar-refractivity contribution in [2.24, 2.45) is 0 Å². The van der Waals surface area contributed by atoms with Crippen molar-refractivity contribution in [2.75, 3.05) is 20.8 Å². The molecule has 0 atom stereocenters. The third-order valence-corrected chi connectivity index (χ3v) is 3.45. The van der Waals surface area contributed by atoms with E-state index in [4.69, 9.17) is 9.47 Å². The highest BCUT2D eigenvalue weighted by Gasteiger charge is 2.18. The highest BCUT2D eigenvalue weighted by Crippen LogP contribution is 2.34.